The molecule has 1 aromatic heterocycles. The second kappa shape index (κ2) is 3.65. The smallest absolute Gasteiger partial charge is 0.248 e. The van der Waals surface area contributed by atoms with Crippen LogP contribution in [-0.2, 0) is 6.54 Å². The van der Waals surface area contributed by atoms with E-state index in [0.717, 1.165) is 18.5 Å². The molecule has 3 rings (SSSR count). The highest BCUT2D eigenvalue weighted by atomic mass is 19.3. The monoisotopic (exact) mass is 242 g/mol. The van der Waals surface area contributed by atoms with Gasteiger partial charge in [-0.15, -0.1) is 5.10 Å². The molecule has 17 heavy (non-hydrogen) atoms. The van der Waals surface area contributed by atoms with Gasteiger partial charge in [0.25, 0.3) is 0 Å². The summed E-state index contributed by atoms with van der Waals surface area (Å²) in [5.74, 6) is -1.57. The third kappa shape index (κ3) is 2.12. The summed E-state index contributed by atoms with van der Waals surface area (Å²) in [6.45, 7) is 0.533. The van der Waals surface area contributed by atoms with E-state index in [0.29, 0.717) is 24.7 Å². The Morgan fingerprint density at radius 1 is 1.35 bits per heavy atom. The third-order valence-corrected chi connectivity index (χ3v) is 3.70. The van der Waals surface area contributed by atoms with Crippen LogP contribution >= 0.6 is 0 Å². The standard InChI is InChI=1S/C11H16F2N4/c12-11(13)4-3-7(5-11)6-17-9(8-1-2-8)10(14)15-16-17/h7-8H,1-6,14H2. The van der Waals surface area contributed by atoms with E-state index in [1.807, 2.05) is 0 Å². The number of anilines is 1. The van der Waals surface area contributed by atoms with Gasteiger partial charge in [-0.05, 0) is 25.2 Å². The fraction of sp³-hybridized carbons (Fsp3) is 0.818. The quantitative estimate of drug-likeness (QED) is 0.883. The zero-order valence-corrected chi connectivity index (χ0v) is 9.57. The Bertz CT molecular complexity index is 425. The number of hydrogen-bond acceptors (Lipinski definition) is 3. The van der Waals surface area contributed by atoms with Crippen LogP contribution in [-0.4, -0.2) is 20.9 Å². The molecule has 2 aliphatic carbocycles. The molecule has 0 bridgehead atoms. The van der Waals surface area contributed by atoms with E-state index in [4.69, 9.17) is 5.73 Å². The Kier molecular flexibility index (Phi) is 2.34. The molecule has 0 aromatic carbocycles. The summed E-state index contributed by atoms with van der Waals surface area (Å²) >= 11 is 0. The van der Waals surface area contributed by atoms with Crippen molar-refractivity contribution in [1.29, 1.82) is 0 Å². The van der Waals surface area contributed by atoms with Crippen molar-refractivity contribution in [2.45, 2.75) is 50.5 Å². The normalized spacial score (nSPS) is 27.5. The number of rotatable bonds is 3. The van der Waals surface area contributed by atoms with E-state index in [9.17, 15) is 8.78 Å². The molecule has 0 aliphatic heterocycles. The van der Waals surface area contributed by atoms with Gasteiger partial charge in [0.1, 0.15) is 0 Å². The van der Waals surface area contributed by atoms with Crippen molar-refractivity contribution in [2.24, 2.45) is 5.92 Å². The van der Waals surface area contributed by atoms with E-state index in [2.05, 4.69) is 10.3 Å². The molecular weight excluding hydrogens is 226 g/mol. The minimum atomic E-state index is -2.49. The van der Waals surface area contributed by atoms with Crippen LogP contribution in [0.4, 0.5) is 14.6 Å². The highest BCUT2D eigenvalue weighted by Crippen LogP contribution is 2.43. The van der Waals surface area contributed by atoms with Gasteiger partial charge in [0.2, 0.25) is 5.92 Å². The molecule has 2 N–H and O–H groups in total. The first-order valence-electron chi connectivity index (χ1n) is 6.12. The van der Waals surface area contributed by atoms with Crippen LogP contribution < -0.4 is 5.73 Å². The van der Waals surface area contributed by atoms with Crippen molar-refractivity contribution in [1.82, 2.24) is 15.0 Å². The maximum absolute atomic E-state index is 13.1. The van der Waals surface area contributed by atoms with Gasteiger partial charge in [0.05, 0.1) is 5.69 Å². The van der Waals surface area contributed by atoms with E-state index in [-0.39, 0.29) is 18.8 Å². The molecule has 2 aliphatic rings. The average molecular weight is 242 g/mol. The molecule has 1 unspecified atom stereocenters. The first-order chi connectivity index (χ1) is 8.05. The predicted molar refractivity (Wildman–Crippen MR) is 58.7 cm³/mol. The van der Waals surface area contributed by atoms with Crippen molar-refractivity contribution in [2.75, 3.05) is 5.73 Å². The van der Waals surface area contributed by atoms with Gasteiger partial charge in [-0.25, -0.2) is 13.5 Å². The summed E-state index contributed by atoms with van der Waals surface area (Å²) in [5.41, 5.74) is 6.73. The predicted octanol–water partition coefficient (Wildman–Crippen LogP) is 2.17. The SMILES string of the molecule is Nc1nnn(CC2CCC(F)(F)C2)c1C1CC1. The molecule has 94 valence electrons. The van der Waals surface area contributed by atoms with Crippen LogP contribution in [0.15, 0.2) is 0 Å². The van der Waals surface area contributed by atoms with Crippen molar-refractivity contribution < 1.29 is 8.78 Å². The second-order valence-corrected chi connectivity index (χ2v) is 5.28. The minimum Gasteiger partial charge on any atom is -0.381 e. The van der Waals surface area contributed by atoms with Gasteiger partial charge in [-0.3, -0.25) is 0 Å². The second-order valence-electron chi connectivity index (χ2n) is 5.28. The summed E-state index contributed by atoms with van der Waals surface area (Å²) in [7, 11) is 0. The van der Waals surface area contributed by atoms with E-state index in [1.54, 1.807) is 4.68 Å². The van der Waals surface area contributed by atoms with Gasteiger partial charge in [-0.2, -0.15) is 0 Å². The zero-order chi connectivity index (χ0) is 12.0. The summed E-state index contributed by atoms with van der Waals surface area (Å²) in [4.78, 5) is 0. The first kappa shape index (κ1) is 10.9. The number of hydrogen-bond donors (Lipinski definition) is 1. The number of nitrogen functional groups attached to an aromatic ring is 1. The Morgan fingerprint density at radius 3 is 2.71 bits per heavy atom. The molecule has 4 nitrogen and oxygen atoms in total. The Hall–Kier alpha value is -1.20. The lowest BCUT2D eigenvalue weighted by molar-refractivity contribution is 0.00417. The summed E-state index contributed by atoms with van der Waals surface area (Å²) in [6.07, 6.45) is 2.76. The van der Waals surface area contributed by atoms with Gasteiger partial charge in [0.15, 0.2) is 5.82 Å². The summed E-state index contributed by atoms with van der Waals surface area (Å²) < 4.78 is 28.0. The largest absolute Gasteiger partial charge is 0.381 e. The summed E-state index contributed by atoms with van der Waals surface area (Å²) in [5, 5.41) is 7.84. The van der Waals surface area contributed by atoms with Crippen LogP contribution in [0.5, 0.6) is 0 Å². The topological polar surface area (TPSA) is 56.7 Å². The molecule has 2 fully saturated rings. The molecule has 1 heterocycles. The number of aromatic nitrogens is 3. The van der Waals surface area contributed by atoms with Crippen LogP contribution in [0.2, 0.25) is 0 Å². The number of nitrogens with zero attached hydrogens (tertiary/aromatic N) is 3. The van der Waals surface area contributed by atoms with Gasteiger partial charge in [0, 0.05) is 25.3 Å². The Morgan fingerprint density at radius 2 is 2.12 bits per heavy atom. The number of nitrogens with two attached hydrogens (primary N) is 1. The van der Waals surface area contributed by atoms with Crippen LogP contribution in [0, 0.1) is 5.92 Å². The number of halogens is 2. The highest BCUT2D eigenvalue weighted by molar-refractivity contribution is 5.38. The lowest BCUT2D eigenvalue weighted by Crippen LogP contribution is -2.15. The van der Waals surface area contributed by atoms with Crippen LogP contribution in [0.1, 0.15) is 43.7 Å². The lowest BCUT2D eigenvalue weighted by Gasteiger charge is -2.12. The number of alkyl halides is 2. The maximum Gasteiger partial charge on any atom is 0.248 e. The highest BCUT2D eigenvalue weighted by Gasteiger charge is 2.40. The van der Waals surface area contributed by atoms with Gasteiger partial charge < -0.3 is 5.73 Å². The maximum atomic E-state index is 13.1. The van der Waals surface area contributed by atoms with Crippen molar-refractivity contribution in [3.05, 3.63) is 5.69 Å². The minimum absolute atomic E-state index is 0.000603. The Labute approximate surface area is 98.2 Å². The molecule has 0 spiro atoms. The lowest BCUT2D eigenvalue weighted by atomic mass is 10.1. The van der Waals surface area contributed by atoms with Gasteiger partial charge >= 0.3 is 0 Å². The fourth-order valence-corrected chi connectivity index (χ4v) is 2.69. The molecule has 0 radical (unpaired) electrons. The third-order valence-electron chi connectivity index (χ3n) is 3.70. The zero-order valence-electron chi connectivity index (χ0n) is 9.57. The molecular formula is C11H16F2N4. The van der Waals surface area contributed by atoms with E-state index in [1.165, 1.54) is 0 Å². The molecule has 6 heteroatoms. The van der Waals surface area contributed by atoms with E-state index < -0.39 is 5.92 Å². The van der Waals surface area contributed by atoms with Crippen molar-refractivity contribution in [3.8, 4) is 0 Å². The molecule has 0 amide bonds. The molecule has 1 atom stereocenters. The molecule has 0 saturated heterocycles. The van der Waals surface area contributed by atoms with Crippen LogP contribution in [0.25, 0.3) is 0 Å². The van der Waals surface area contributed by atoms with Crippen LogP contribution in [0.3, 0.4) is 0 Å². The molecule has 2 saturated carbocycles. The van der Waals surface area contributed by atoms with Crippen molar-refractivity contribution >= 4 is 5.82 Å². The molecule has 1 aromatic rings. The summed E-state index contributed by atoms with van der Waals surface area (Å²) in [6, 6.07) is 0. The van der Waals surface area contributed by atoms with Gasteiger partial charge in [-0.1, -0.05) is 5.21 Å². The Balaban J connectivity index is 1.73. The fourth-order valence-electron chi connectivity index (χ4n) is 2.69. The first-order valence-corrected chi connectivity index (χ1v) is 6.12. The van der Waals surface area contributed by atoms with Crippen molar-refractivity contribution in [3.63, 3.8) is 0 Å². The average Bonchev–Trinajstić information content (AvgIpc) is 2.93. The van der Waals surface area contributed by atoms with E-state index >= 15 is 0 Å².